The Kier molecular flexibility index (Phi) is 8.16. The molecule has 0 aliphatic heterocycles. The molecule has 0 heterocycles. The summed E-state index contributed by atoms with van der Waals surface area (Å²) in [6.07, 6.45) is 0.159. The first kappa shape index (κ1) is 23.1. The van der Waals surface area contributed by atoms with Crippen LogP contribution in [0, 0.1) is 22.7 Å². The molecular weight excluding hydrogens is 418 g/mol. The van der Waals surface area contributed by atoms with Gasteiger partial charge in [-0.05, 0) is 48.0 Å². The van der Waals surface area contributed by atoms with Crippen LogP contribution in [-0.4, -0.2) is 24.5 Å². The molecule has 3 aromatic carbocycles. The number of carbonyl (C=O) groups is 2. The normalized spacial score (nSPS) is 10.8. The maximum absolute atomic E-state index is 12.7. The van der Waals surface area contributed by atoms with Crippen LogP contribution in [0.1, 0.15) is 33.5 Å². The van der Waals surface area contributed by atoms with Gasteiger partial charge in [0.15, 0.2) is 0 Å². The summed E-state index contributed by atoms with van der Waals surface area (Å²) in [5.41, 5.74) is 2.03. The Labute approximate surface area is 191 Å². The summed E-state index contributed by atoms with van der Waals surface area (Å²) in [4.78, 5) is 25.4. The lowest BCUT2D eigenvalue weighted by Crippen LogP contribution is -2.42. The van der Waals surface area contributed by atoms with Crippen LogP contribution < -0.4 is 10.1 Å². The van der Waals surface area contributed by atoms with Crippen molar-refractivity contribution in [1.29, 1.82) is 10.5 Å². The topological polar surface area (TPSA) is 112 Å². The fourth-order valence-electron chi connectivity index (χ4n) is 2.97. The largest absolute Gasteiger partial charge is 0.493 e. The highest BCUT2D eigenvalue weighted by molar-refractivity contribution is 5.96. The number of nitrogens with zero attached hydrogens (tertiary/aromatic N) is 2. The minimum Gasteiger partial charge on any atom is -0.493 e. The second-order valence-corrected chi connectivity index (χ2v) is 7.09. The summed E-state index contributed by atoms with van der Waals surface area (Å²) in [5, 5.41) is 20.6. The van der Waals surface area contributed by atoms with E-state index in [0.717, 1.165) is 5.56 Å². The van der Waals surface area contributed by atoms with E-state index in [4.69, 9.17) is 20.0 Å². The minimum atomic E-state index is -0.948. The molecule has 0 fully saturated rings. The number of nitriles is 2. The van der Waals surface area contributed by atoms with Crippen molar-refractivity contribution in [2.45, 2.75) is 19.1 Å². The van der Waals surface area contributed by atoms with Gasteiger partial charge in [0.1, 0.15) is 18.4 Å². The number of rotatable bonds is 9. The van der Waals surface area contributed by atoms with Crippen molar-refractivity contribution in [3.05, 3.63) is 101 Å². The molecule has 0 spiro atoms. The van der Waals surface area contributed by atoms with Gasteiger partial charge in [0.2, 0.25) is 0 Å². The molecule has 0 aliphatic carbocycles. The zero-order valence-corrected chi connectivity index (χ0v) is 17.7. The molecular formula is C26H21N3O4. The van der Waals surface area contributed by atoms with Gasteiger partial charge in [0.25, 0.3) is 5.91 Å². The average molecular weight is 439 g/mol. The predicted octanol–water partition coefficient (Wildman–Crippen LogP) is 3.74. The van der Waals surface area contributed by atoms with E-state index >= 15 is 0 Å². The van der Waals surface area contributed by atoms with Gasteiger partial charge in [-0.3, -0.25) is 4.79 Å². The highest BCUT2D eigenvalue weighted by Crippen LogP contribution is 2.14. The molecule has 1 amide bonds. The van der Waals surface area contributed by atoms with Crippen LogP contribution in [0.15, 0.2) is 78.9 Å². The van der Waals surface area contributed by atoms with Crippen molar-refractivity contribution < 1.29 is 19.1 Å². The van der Waals surface area contributed by atoms with E-state index in [-0.39, 0.29) is 19.6 Å². The zero-order valence-electron chi connectivity index (χ0n) is 17.7. The number of hydrogen-bond acceptors (Lipinski definition) is 6. The predicted molar refractivity (Wildman–Crippen MR) is 120 cm³/mol. The van der Waals surface area contributed by atoms with Crippen LogP contribution in [-0.2, 0) is 16.1 Å². The first-order chi connectivity index (χ1) is 16.1. The molecule has 164 valence electrons. The Morgan fingerprint density at radius 1 is 0.879 bits per heavy atom. The minimum absolute atomic E-state index is 0.0774. The third-order valence-electron chi connectivity index (χ3n) is 4.73. The second-order valence-electron chi connectivity index (χ2n) is 7.09. The van der Waals surface area contributed by atoms with E-state index in [1.807, 2.05) is 42.5 Å². The molecule has 1 N–H and O–H groups in total. The third kappa shape index (κ3) is 6.95. The number of ether oxygens (including phenoxy) is 2. The maximum atomic E-state index is 12.7. The number of nitrogens with one attached hydrogen (secondary N) is 1. The summed E-state index contributed by atoms with van der Waals surface area (Å²) in [7, 11) is 0. The van der Waals surface area contributed by atoms with Crippen molar-refractivity contribution in [2.24, 2.45) is 0 Å². The molecule has 0 saturated carbocycles. The molecule has 3 aromatic rings. The van der Waals surface area contributed by atoms with E-state index in [9.17, 15) is 9.59 Å². The van der Waals surface area contributed by atoms with Crippen LogP contribution in [0.4, 0.5) is 0 Å². The number of esters is 1. The zero-order chi connectivity index (χ0) is 23.5. The summed E-state index contributed by atoms with van der Waals surface area (Å²) in [6.45, 7) is 0.196. The highest BCUT2D eigenvalue weighted by Gasteiger charge is 2.23. The molecule has 1 atom stereocenters. The monoisotopic (exact) mass is 439 g/mol. The first-order valence-electron chi connectivity index (χ1n) is 10.2. The number of hydrogen-bond donors (Lipinski definition) is 1. The highest BCUT2D eigenvalue weighted by atomic mass is 16.5. The van der Waals surface area contributed by atoms with Gasteiger partial charge in [-0.15, -0.1) is 0 Å². The van der Waals surface area contributed by atoms with Crippen LogP contribution in [0.25, 0.3) is 0 Å². The van der Waals surface area contributed by atoms with Gasteiger partial charge >= 0.3 is 5.97 Å². The number of amides is 1. The Bertz CT molecular complexity index is 1180. The Hall–Kier alpha value is -4.62. The van der Waals surface area contributed by atoms with Crippen molar-refractivity contribution in [3.63, 3.8) is 0 Å². The van der Waals surface area contributed by atoms with Crippen LogP contribution in [0.5, 0.6) is 5.75 Å². The summed E-state index contributed by atoms with van der Waals surface area (Å²) in [5.74, 6) is -0.563. The van der Waals surface area contributed by atoms with Gasteiger partial charge in [-0.2, -0.15) is 10.5 Å². The third-order valence-corrected chi connectivity index (χ3v) is 4.73. The van der Waals surface area contributed by atoms with Crippen molar-refractivity contribution in [2.75, 3.05) is 6.61 Å². The lowest BCUT2D eigenvalue weighted by molar-refractivity contribution is -0.147. The standard InChI is InChI=1S/C26H21N3O4/c27-16-19-9-11-22(12-10-19)25(30)29-24(26(31)33-18-20-5-2-1-3-6-20)13-14-32-23-8-4-7-21(15-23)17-28/h1-12,15,24H,13-14,18H2,(H,29,30). The lowest BCUT2D eigenvalue weighted by Gasteiger charge is -2.18. The van der Waals surface area contributed by atoms with E-state index in [0.29, 0.717) is 22.4 Å². The molecule has 1 unspecified atom stereocenters. The van der Waals surface area contributed by atoms with Gasteiger partial charge in [0.05, 0.1) is 29.9 Å². The molecule has 0 aromatic heterocycles. The Balaban J connectivity index is 1.65. The second kappa shape index (κ2) is 11.7. The quantitative estimate of drug-likeness (QED) is 0.508. The van der Waals surface area contributed by atoms with Crippen molar-refractivity contribution in [3.8, 4) is 17.9 Å². The molecule has 0 bridgehead atoms. The molecule has 0 aliphatic rings. The molecule has 0 radical (unpaired) electrons. The smallest absolute Gasteiger partial charge is 0.329 e. The SMILES string of the molecule is N#Cc1ccc(C(=O)NC(CCOc2cccc(C#N)c2)C(=O)OCc2ccccc2)cc1. The van der Waals surface area contributed by atoms with Crippen molar-refractivity contribution >= 4 is 11.9 Å². The van der Waals surface area contributed by atoms with E-state index in [1.54, 1.807) is 24.3 Å². The first-order valence-corrected chi connectivity index (χ1v) is 10.2. The van der Waals surface area contributed by atoms with Crippen molar-refractivity contribution in [1.82, 2.24) is 5.32 Å². The molecule has 7 nitrogen and oxygen atoms in total. The fourth-order valence-corrected chi connectivity index (χ4v) is 2.97. The molecule has 7 heteroatoms. The van der Waals surface area contributed by atoms with Crippen LogP contribution in [0.2, 0.25) is 0 Å². The fraction of sp³-hybridized carbons (Fsp3) is 0.154. The van der Waals surface area contributed by atoms with Gasteiger partial charge < -0.3 is 14.8 Å². The molecule has 0 saturated heterocycles. The van der Waals surface area contributed by atoms with Crippen LogP contribution >= 0.6 is 0 Å². The Morgan fingerprint density at radius 2 is 1.61 bits per heavy atom. The summed E-state index contributed by atoms with van der Waals surface area (Å²) < 4.78 is 11.1. The summed E-state index contributed by atoms with van der Waals surface area (Å²) >= 11 is 0. The lowest BCUT2D eigenvalue weighted by atomic mass is 10.1. The van der Waals surface area contributed by atoms with Gasteiger partial charge in [-0.25, -0.2) is 4.79 Å². The molecule has 3 rings (SSSR count). The van der Waals surface area contributed by atoms with E-state index in [1.165, 1.54) is 24.3 Å². The van der Waals surface area contributed by atoms with Gasteiger partial charge in [-0.1, -0.05) is 36.4 Å². The Morgan fingerprint density at radius 3 is 2.30 bits per heavy atom. The van der Waals surface area contributed by atoms with E-state index in [2.05, 4.69) is 5.32 Å². The average Bonchev–Trinajstić information content (AvgIpc) is 2.87. The number of benzene rings is 3. The van der Waals surface area contributed by atoms with Gasteiger partial charge in [0, 0.05) is 12.0 Å². The summed E-state index contributed by atoms with van der Waals surface area (Å²) in [6, 6.07) is 25.1. The van der Waals surface area contributed by atoms with E-state index < -0.39 is 17.9 Å². The number of carbonyl (C=O) groups excluding carboxylic acids is 2. The maximum Gasteiger partial charge on any atom is 0.329 e. The molecule has 33 heavy (non-hydrogen) atoms. The van der Waals surface area contributed by atoms with Crippen LogP contribution in [0.3, 0.4) is 0 Å².